The molecular formula is C19H21NO7. The van der Waals surface area contributed by atoms with Crippen molar-refractivity contribution in [1.29, 1.82) is 0 Å². The number of ether oxygens (including phenoxy) is 4. The molecule has 27 heavy (non-hydrogen) atoms. The van der Waals surface area contributed by atoms with Gasteiger partial charge in [-0.3, -0.25) is 4.79 Å². The normalized spacial score (nSPS) is 12.4. The Balaban J connectivity index is 2.03. The van der Waals surface area contributed by atoms with Gasteiger partial charge in [0.25, 0.3) is 0 Å². The summed E-state index contributed by atoms with van der Waals surface area (Å²) in [5.41, 5.74) is 0.386. The van der Waals surface area contributed by atoms with Crippen LogP contribution >= 0.6 is 0 Å². The molecule has 0 saturated carbocycles. The first-order chi connectivity index (χ1) is 13.0. The van der Waals surface area contributed by atoms with E-state index in [0.717, 1.165) is 6.42 Å². The van der Waals surface area contributed by atoms with Gasteiger partial charge < -0.3 is 28.6 Å². The molecule has 0 fully saturated rings. The first-order valence-corrected chi connectivity index (χ1v) is 8.50. The Morgan fingerprint density at radius 2 is 2.04 bits per heavy atom. The smallest absolute Gasteiger partial charge is 0.341 e. The minimum Gasteiger partial charge on any atom is -0.493 e. The molecule has 1 aromatic carbocycles. The number of benzene rings is 1. The van der Waals surface area contributed by atoms with Crippen molar-refractivity contribution in [2.45, 2.75) is 13.0 Å². The lowest BCUT2D eigenvalue weighted by Crippen LogP contribution is -2.19. The molecular weight excluding hydrogens is 354 g/mol. The molecule has 3 rings (SSSR count). The van der Waals surface area contributed by atoms with Crippen molar-refractivity contribution in [3.05, 3.63) is 40.2 Å². The van der Waals surface area contributed by atoms with Gasteiger partial charge in [-0.15, -0.1) is 0 Å². The van der Waals surface area contributed by atoms with E-state index in [1.807, 2.05) is 0 Å². The number of nitrogens with zero attached hydrogens (tertiary/aromatic N) is 1. The van der Waals surface area contributed by atoms with Crippen LogP contribution < -0.4 is 19.6 Å². The van der Waals surface area contributed by atoms with Crippen molar-refractivity contribution in [2.24, 2.45) is 0 Å². The zero-order valence-corrected chi connectivity index (χ0v) is 15.2. The van der Waals surface area contributed by atoms with Crippen LogP contribution in [0.2, 0.25) is 0 Å². The topological polar surface area (TPSA) is 96.2 Å². The van der Waals surface area contributed by atoms with E-state index in [0.29, 0.717) is 54.9 Å². The minimum atomic E-state index is -1.25. The Hall–Kier alpha value is -3.00. The van der Waals surface area contributed by atoms with Crippen LogP contribution in [0.4, 0.5) is 0 Å². The number of pyridine rings is 1. The van der Waals surface area contributed by atoms with E-state index in [9.17, 15) is 14.7 Å². The zero-order chi connectivity index (χ0) is 19.4. The van der Waals surface area contributed by atoms with Crippen LogP contribution in [-0.4, -0.2) is 49.7 Å². The van der Waals surface area contributed by atoms with Crippen molar-refractivity contribution in [3.63, 3.8) is 0 Å². The van der Waals surface area contributed by atoms with Crippen molar-refractivity contribution < 1.29 is 28.8 Å². The van der Waals surface area contributed by atoms with Gasteiger partial charge in [-0.05, 0) is 6.07 Å². The summed E-state index contributed by atoms with van der Waals surface area (Å²) in [4.78, 5) is 23.4. The first-order valence-electron chi connectivity index (χ1n) is 8.50. The maximum Gasteiger partial charge on any atom is 0.341 e. The lowest BCUT2D eigenvalue weighted by molar-refractivity contribution is 0.0694. The van der Waals surface area contributed by atoms with E-state index in [2.05, 4.69) is 0 Å². The summed E-state index contributed by atoms with van der Waals surface area (Å²) in [6.07, 6.45) is 2.08. The summed E-state index contributed by atoms with van der Waals surface area (Å²) >= 11 is 0. The molecule has 0 bridgehead atoms. The van der Waals surface area contributed by atoms with Crippen LogP contribution in [0.15, 0.2) is 29.2 Å². The number of carboxylic acid groups (broad SMARTS) is 1. The average Bonchev–Trinajstić information content (AvgIpc) is 2.82. The van der Waals surface area contributed by atoms with Gasteiger partial charge >= 0.3 is 5.97 Å². The Morgan fingerprint density at radius 1 is 1.22 bits per heavy atom. The highest BCUT2D eigenvalue weighted by atomic mass is 16.5. The standard InChI is InChI=1S/C19H21NO7/c1-24-5-3-6-26-18-10-16-12(8-17(18)25-2)14-9-15(21)13(19(22)23)11-20(14)4-7-27-16/h8-11H,3-7H2,1-2H3,(H,22,23). The Bertz CT molecular complexity index is 904. The van der Waals surface area contributed by atoms with E-state index in [1.165, 1.54) is 19.4 Å². The second-order valence-electron chi connectivity index (χ2n) is 5.98. The van der Waals surface area contributed by atoms with Crippen LogP contribution in [-0.2, 0) is 11.3 Å². The molecule has 0 radical (unpaired) electrons. The molecule has 0 spiro atoms. The number of hydrogen-bond donors (Lipinski definition) is 1. The van der Waals surface area contributed by atoms with Gasteiger partial charge in [0.2, 0.25) is 0 Å². The first kappa shape index (κ1) is 18.8. The predicted octanol–water partition coefficient (Wildman–Crippen LogP) is 2.03. The highest BCUT2D eigenvalue weighted by molar-refractivity contribution is 5.87. The van der Waals surface area contributed by atoms with Crippen LogP contribution in [0.1, 0.15) is 16.8 Å². The number of fused-ring (bicyclic) bond motifs is 3. The van der Waals surface area contributed by atoms with Gasteiger partial charge in [0.15, 0.2) is 16.9 Å². The van der Waals surface area contributed by atoms with Gasteiger partial charge in [0.05, 0.1) is 26.0 Å². The molecule has 1 aliphatic heterocycles. The maximum absolute atomic E-state index is 12.2. The van der Waals surface area contributed by atoms with Gasteiger partial charge in [-0.25, -0.2) is 4.79 Å². The third-order valence-corrected chi connectivity index (χ3v) is 4.24. The molecule has 0 atom stereocenters. The monoisotopic (exact) mass is 375 g/mol. The van der Waals surface area contributed by atoms with Gasteiger partial charge in [-0.1, -0.05) is 0 Å². The summed E-state index contributed by atoms with van der Waals surface area (Å²) in [5.74, 6) is 0.327. The van der Waals surface area contributed by atoms with Crippen molar-refractivity contribution >= 4 is 5.97 Å². The number of aromatic nitrogens is 1. The summed E-state index contributed by atoms with van der Waals surface area (Å²) in [5, 5.41) is 9.18. The van der Waals surface area contributed by atoms with Crippen LogP contribution in [0.3, 0.4) is 0 Å². The second-order valence-corrected chi connectivity index (χ2v) is 5.98. The number of carboxylic acids is 1. The summed E-state index contributed by atoms with van der Waals surface area (Å²) < 4.78 is 23.7. The average molecular weight is 375 g/mol. The molecule has 0 unspecified atom stereocenters. The Labute approximate surface area is 155 Å². The third kappa shape index (κ3) is 3.90. The summed E-state index contributed by atoms with van der Waals surface area (Å²) in [7, 11) is 3.16. The second kappa shape index (κ2) is 8.13. The molecule has 8 nitrogen and oxygen atoms in total. The zero-order valence-electron chi connectivity index (χ0n) is 15.2. The molecule has 1 aromatic heterocycles. The van der Waals surface area contributed by atoms with Crippen LogP contribution in [0.25, 0.3) is 11.3 Å². The van der Waals surface area contributed by atoms with Crippen molar-refractivity contribution in [1.82, 2.24) is 4.57 Å². The molecule has 0 aliphatic carbocycles. The van der Waals surface area contributed by atoms with Crippen molar-refractivity contribution in [2.75, 3.05) is 34.0 Å². The lowest BCUT2D eigenvalue weighted by Gasteiger charge is -2.16. The van der Waals surface area contributed by atoms with E-state index in [4.69, 9.17) is 18.9 Å². The Morgan fingerprint density at radius 3 is 2.74 bits per heavy atom. The van der Waals surface area contributed by atoms with Crippen molar-refractivity contribution in [3.8, 4) is 28.5 Å². The predicted molar refractivity (Wildman–Crippen MR) is 97.1 cm³/mol. The number of hydrogen-bond acceptors (Lipinski definition) is 6. The van der Waals surface area contributed by atoms with Gasteiger partial charge in [0, 0.05) is 44.0 Å². The maximum atomic E-state index is 12.2. The molecule has 8 heteroatoms. The van der Waals surface area contributed by atoms with Gasteiger partial charge in [-0.2, -0.15) is 0 Å². The molecule has 1 aliphatic rings. The summed E-state index contributed by atoms with van der Waals surface area (Å²) in [6, 6.07) is 4.78. The van der Waals surface area contributed by atoms with Crippen LogP contribution in [0.5, 0.6) is 17.2 Å². The number of aromatic carboxylic acids is 1. The third-order valence-electron chi connectivity index (χ3n) is 4.24. The molecule has 0 amide bonds. The number of rotatable bonds is 7. The molecule has 144 valence electrons. The molecule has 0 saturated heterocycles. The fourth-order valence-corrected chi connectivity index (χ4v) is 2.92. The SMILES string of the molecule is COCCCOc1cc2c(cc1OC)-c1cc(=O)c(C(=O)O)cn1CCO2. The largest absolute Gasteiger partial charge is 0.493 e. The van der Waals surface area contributed by atoms with E-state index in [1.54, 1.807) is 23.8 Å². The van der Waals surface area contributed by atoms with Gasteiger partial charge in [0.1, 0.15) is 17.9 Å². The number of carbonyl (C=O) groups is 1. The minimum absolute atomic E-state index is 0.271. The van der Waals surface area contributed by atoms with E-state index in [-0.39, 0.29) is 5.56 Å². The fourth-order valence-electron chi connectivity index (χ4n) is 2.92. The highest BCUT2D eigenvalue weighted by Crippen LogP contribution is 2.41. The van der Waals surface area contributed by atoms with E-state index < -0.39 is 11.4 Å². The quantitative estimate of drug-likeness (QED) is 0.740. The molecule has 2 aromatic rings. The Kier molecular flexibility index (Phi) is 5.66. The lowest BCUT2D eigenvalue weighted by atomic mass is 10.1. The molecule has 2 heterocycles. The fraction of sp³-hybridized carbons (Fsp3) is 0.368. The highest BCUT2D eigenvalue weighted by Gasteiger charge is 2.21. The van der Waals surface area contributed by atoms with E-state index >= 15 is 0 Å². The number of methoxy groups -OCH3 is 2. The summed E-state index contributed by atoms with van der Waals surface area (Å²) in [6.45, 7) is 1.79. The molecule has 1 N–H and O–H groups in total. The van der Waals surface area contributed by atoms with Crippen LogP contribution in [0, 0.1) is 0 Å².